The summed E-state index contributed by atoms with van der Waals surface area (Å²) in [5.74, 6) is 0.251. The zero-order chi connectivity index (χ0) is 18.6. The number of rotatable bonds is 7. The van der Waals surface area contributed by atoms with E-state index in [4.69, 9.17) is 9.47 Å². The summed E-state index contributed by atoms with van der Waals surface area (Å²) < 4.78 is 10.9. The minimum Gasteiger partial charge on any atom is -0.497 e. The molecular weight excluding hydrogens is 330 g/mol. The molecule has 26 heavy (non-hydrogen) atoms. The predicted octanol–water partition coefficient (Wildman–Crippen LogP) is 3.76. The first kappa shape index (κ1) is 17.9. The smallest absolute Gasteiger partial charge is 0.322 e. The summed E-state index contributed by atoms with van der Waals surface area (Å²) in [4.78, 5) is 29.0. The molecule has 0 spiro atoms. The summed E-state index contributed by atoms with van der Waals surface area (Å²) in [6, 6.07) is 14.9. The van der Waals surface area contributed by atoms with Crippen molar-refractivity contribution in [2.75, 3.05) is 7.11 Å². The molecule has 0 radical (unpaired) electrons. The number of ether oxygens (including phenoxy) is 2. The molecule has 1 aliphatic rings. The minimum absolute atomic E-state index is 0.0185. The molecule has 134 valence electrons. The third-order valence-corrected chi connectivity index (χ3v) is 4.56. The molecule has 0 N–H and O–H groups in total. The van der Waals surface area contributed by atoms with Crippen molar-refractivity contribution in [3.8, 4) is 5.75 Å². The maximum atomic E-state index is 13.0. The van der Waals surface area contributed by atoms with Crippen molar-refractivity contribution in [3.05, 3.63) is 59.7 Å². The fraction of sp³-hybridized carbons (Fsp3) is 0.286. The Kier molecular flexibility index (Phi) is 5.16. The summed E-state index contributed by atoms with van der Waals surface area (Å²) in [5, 5.41) is 0. The molecule has 5 heteroatoms. The Balaban J connectivity index is 1.90. The lowest BCUT2D eigenvalue weighted by atomic mass is 9.78. The Morgan fingerprint density at radius 3 is 2.58 bits per heavy atom. The molecule has 0 fully saturated rings. The Hall–Kier alpha value is -2.95. The Morgan fingerprint density at radius 1 is 1.12 bits per heavy atom. The second-order valence-corrected chi connectivity index (χ2v) is 6.38. The number of carbonyl (C=O) groups excluding carboxylic acids is 2. The van der Waals surface area contributed by atoms with Gasteiger partial charge in [0, 0.05) is 18.2 Å². The van der Waals surface area contributed by atoms with Crippen LogP contribution in [0, 0.1) is 0 Å². The van der Waals surface area contributed by atoms with Crippen LogP contribution < -0.4 is 4.74 Å². The van der Waals surface area contributed by atoms with Crippen LogP contribution in [0.15, 0.2) is 53.5 Å². The van der Waals surface area contributed by atoms with Crippen molar-refractivity contribution < 1.29 is 19.1 Å². The molecule has 0 aliphatic carbocycles. The van der Waals surface area contributed by atoms with Crippen LogP contribution in [0.5, 0.6) is 5.75 Å². The highest BCUT2D eigenvalue weighted by Gasteiger charge is 2.45. The van der Waals surface area contributed by atoms with Crippen molar-refractivity contribution in [2.45, 2.75) is 31.8 Å². The summed E-state index contributed by atoms with van der Waals surface area (Å²) >= 11 is 0. The second-order valence-electron chi connectivity index (χ2n) is 6.38. The van der Waals surface area contributed by atoms with Gasteiger partial charge in [-0.3, -0.25) is 9.79 Å². The van der Waals surface area contributed by atoms with Gasteiger partial charge in [-0.15, -0.1) is 0 Å². The zero-order valence-electron chi connectivity index (χ0n) is 14.9. The van der Waals surface area contributed by atoms with E-state index in [1.165, 1.54) is 6.92 Å². The minimum atomic E-state index is -1.07. The monoisotopic (exact) mass is 351 g/mol. The van der Waals surface area contributed by atoms with E-state index < -0.39 is 11.4 Å². The van der Waals surface area contributed by atoms with Gasteiger partial charge >= 0.3 is 5.97 Å². The zero-order valence-corrected chi connectivity index (χ0v) is 14.9. The highest BCUT2D eigenvalue weighted by Crippen LogP contribution is 2.43. The Labute approximate surface area is 152 Å². The number of esters is 1. The molecule has 0 saturated carbocycles. The molecular formula is C21H21NO4. The summed E-state index contributed by atoms with van der Waals surface area (Å²) in [5.41, 5.74) is 1.26. The first-order chi connectivity index (χ1) is 12.5. The topological polar surface area (TPSA) is 65.0 Å². The van der Waals surface area contributed by atoms with E-state index in [0.717, 1.165) is 11.1 Å². The maximum absolute atomic E-state index is 13.0. The van der Waals surface area contributed by atoms with E-state index in [9.17, 15) is 9.59 Å². The van der Waals surface area contributed by atoms with Gasteiger partial charge in [0.25, 0.3) is 0 Å². The van der Waals surface area contributed by atoms with Crippen molar-refractivity contribution in [2.24, 2.45) is 4.99 Å². The average molecular weight is 351 g/mol. The van der Waals surface area contributed by atoms with Crippen molar-refractivity contribution in [1.82, 2.24) is 0 Å². The summed E-state index contributed by atoms with van der Waals surface area (Å²) in [7, 11) is 1.57. The van der Waals surface area contributed by atoms with Crippen molar-refractivity contribution in [3.63, 3.8) is 0 Å². The van der Waals surface area contributed by atoms with Crippen LogP contribution >= 0.6 is 0 Å². The lowest BCUT2D eigenvalue weighted by molar-refractivity contribution is -0.149. The quantitative estimate of drug-likeness (QED) is 0.713. The number of methoxy groups -OCH3 is 1. The third kappa shape index (κ3) is 3.52. The number of benzene rings is 2. The molecule has 2 aromatic rings. The fourth-order valence-electron chi connectivity index (χ4n) is 3.05. The SMILES string of the molecule is COc1ccc2c(c1)C(CCC(C)=O)(C(=O)OCc1ccccc1)C=N2. The number of hydrogen-bond acceptors (Lipinski definition) is 5. The number of hydrogen-bond donors (Lipinski definition) is 0. The third-order valence-electron chi connectivity index (χ3n) is 4.56. The van der Waals surface area contributed by atoms with Gasteiger partial charge in [0.1, 0.15) is 23.6 Å². The first-order valence-electron chi connectivity index (χ1n) is 8.49. The Bertz CT molecular complexity index is 844. The largest absolute Gasteiger partial charge is 0.497 e. The molecule has 1 atom stereocenters. The van der Waals surface area contributed by atoms with E-state index in [-0.39, 0.29) is 18.8 Å². The second kappa shape index (κ2) is 7.52. The van der Waals surface area contributed by atoms with E-state index in [0.29, 0.717) is 17.9 Å². The lowest BCUT2D eigenvalue weighted by Crippen LogP contribution is -2.38. The van der Waals surface area contributed by atoms with Gasteiger partial charge in [-0.1, -0.05) is 30.3 Å². The van der Waals surface area contributed by atoms with Crippen LogP contribution in [0.3, 0.4) is 0 Å². The molecule has 0 saturated heterocycles. The fourth-order valence-corrected chi connectivity index (χ4v) is 3.05. The number of nitrogens with zero attached hydrogens (tertiary/aromatic N) is 1. The normalized spacial score (nSPS) is 17.6. The highest BCUT2D eigenvalue weighted by molar-refractivity contribution is 6.07. The molecule has 0 aromatic heterocycles. The van der Waals surface area contributed by atoms with Crippen molar-refractivity contribution >= 4 is 23.7 Å². The van der Waals surface area contributed by atoms with E-state index >= 15 is 0 Å². The standard InChI is InChI=1S/C21H21NO4/c1-15(23)10-11-21(20(24)26-13-16-6-4-3-5-7-16)14-22-19-9-8-17(25-2)12-18(19)21/h3-9,12,14H,10-11,13H2,1-2H3. The van der Waals surface area contributed by atoms with Crippen LogP contribution in [-0.2, 0) is 26.3 Å². The van der Waals surface area contributed by atoms with Gasteiger partial charge in [-0.25, -0.2) is 0 Å². The highest BCUT2D eigenvalue weighted by atomic mass is 16.5. The van der Waals surface area contributed by atoms with Crippen LogP contribution in [0.2, 0.25) is 0 Å². The summed E-state index contributed by atoms with van der Waals surface area (Å²) in [6.07, 6.45) is 2.19. The van der Waals surface area contributed by atoms with Crippen LogP contribution in [0.4, 0.5) is 5.69 Å². The predicted molar refractivity (Wildman–Crippen MR) is 99.0 cm³/mol. The van der Waals surface area contributed by atoms with E-state index in [2.05, 4.69) is 4.99 Å². The number of Topliss-reactive ketones (excluding diaryl/α,β-unsaturated/α-hetero) is 1. The number of aliphatic imine (C=N–C) groups is 1. The molecule has 0 bridgehead atoms. The van der Waals surface area contributed by atoms with Gasteiger partial charge in [0.2, 0.25) is 0 Å². The molecule has 5 nitrogen and oxygen atoms in total. The molecule has 0 amide bonds. The summed E-state index contributed by atoms with van der Waals surface area (Å²) in [6.45, 7) is 1.69. The lowest BCUT2D eigenvalue weighted by Gasteiger charge is -2.25. The first-order valence-corrected chi connectivity index (χ1v) is 8.49. The number of carbonyl (C=O) groups is 2. The van der Waals surface area contributed by atoms with Gasteiger partial charge in [-0.2, -0.15) is 0 Å². The molecule has 1 unspecified atom stereocenters. The average Bonchev–Trinajstić information content (AvgIpc) is 3.04. The van der Waals surface area contributed by atoms with E-state index in [1.54, 1.807) is 25.5 Å². The van der Waals surface area contributed by atoms with E-state index in [1.807, 2.05) is 36.4 Å². The van der Waals surface area contributed by atoms with Crippen LogP contribution in [-0.4, -0.2) is 25.1 Å². The van der Waals surface area contributed by atoms with Gasteiger partial charge in [0.15, 0.2) is 0 Å². The van der Waals surface area contributed by atoms with Crippen molar-refractivity contribution in [1.29, 1.82) is 0 Å². The number of ketones is 1. The molecule has 1 heterocycles. The Morgan fingerprint density at radius 2 is 1.88 bits per heavy atom. The van der Waals surface area contributed by atoms with Crippen LogP contribution in [0.25, 0.3) is 0 Å². The maximum Gasteiger partial charge on any atom is 0.322 e. The molecule has 2 aromatic carbocycles. The molecule has 3 rings (SSSR count). The van der Waals surface area contributed by atoms with Crippen LogP contribution in [0.1, 0.15) is 30.9 Å². The van der Waals surface area contributed by atoms with Gasteiger partial charge < -0.3 is 14.3 Å². The van der Waals surface area contributed by atoms with Gasteiger partial charge in [0.05, 0.1) is 12.8 Å². The number of fused-ring (bicyclic) bond motifs is 1. The molecule has 1 aliphatic heterocycles. The van der Waals surface area contributed by atoms with Gasteiger partial charge in [-0.05, 0) is 37.1 Å².